The fourth-order valence-electron chi connectivity index (χ4n) is 2.14. The Balaban J connectivity index is 2.86. The van der Waals surface area contributed by atoms with Gasteiger partial charge in [0.2, 0.25) is 0 Å². The van der Waals surface area contributed by atoms with Gasteiger partial charge in [-0.05, 0) is 30.0 Å². The molecule has 0 radical (unpaired) electrons. The van der Waals surface area contributed by atoms with Gasteiger partial charge in [-0.2, -0.15) is 0 Å². The Morgan fingerprint density at radius 2 is 1.88 bits per heavy atom. The number of rotatable bonds is 1. The normalized spacial score (nSPS) is 11.8. The van der Waals surface area contributed by atoms with E-state index in [1.54, 1.807) is 7.11 Å². The number of hydrogen-bond donors (Lipinski definition) is 0. The molecule has 2 rings (SSSR count). The molecule has 0 saturated carbocycles. The van der Waals surface area contributed by atoms with Crippen molar-refractivity contribution in [3.8, 4) is 5.75 Å². The van der Waals surface area contributed by atoms with E-state index in [4.69, 9.17) is 4.74 Å². The lowest BCUT2D eigenvalue weighted by Crippen LogP contribution is -2.12. The summed E-state index contributed by atoms with van der Waals surface area (Å²) < 4.78 is 5.39. The van der Waals surface area contributed by atoms with Gasteiger partial charge in [0.05, 0.1) is 7.11 Å². The molecule has 2 nitrogen and oxygen atoms in total. The van der Waals surface area contributed by atoms with Crippen LogP contribution in [0.15, 0.2) is 24.3 Å². The van der Waals surface area contributed by atoms with Crippen LogP contribution in [0.1, 0.15) is 32.0 Å². The average molecular weight is 229 g/mol. The van der Waals surface area contributed by atoms with Crippen molar-refractivity contribution in [2.75, 3.05) is 7.11 Å². The van der Waals surface area contributed by atoms with E-state index < -0.39 is 0 Å². The SMILES string of the molecule is COc1cccc2c(C(C)(C)C)cc(C)nc12. The number of ether oxygens (including phenoxy) is 1. The predicted molar refractivity (Wildman–Crippen MR) is 71.7 cm³/mol. The summed E-state index contributed by atoms with van der Waals surface area (Å²) in [7, 11) is 1.69. The van der Waals surface area contributed by atoms with E-state index in [0.29, 0.717) is 0 Å². The summed E-state index contributed by atoms with van der Waals surface area (Å²) in [6.45, 7) is 8.70. The molecule has 0 saturated heterocycles. The first-order chi connectivity index (χ1) is 7.93. The number of fused-ring (bicyclic) bond motifs is 1. The Morgan fingerprint density at radius 3 is 2.47 bits per heavy atom. The minimum Gasteiger partial charge on any atom is -0.494 e. The predicted octanol–water partition coefficient (Wildman–Crippen LogP) is 3.85. The number of aryl methyl sites for hydroxylation is 1. The molecule has 0 amide bonds. The molecule has 0 unspecified atom stereocenters. The van der Waals surface area contributed by atoms with Gasteiger partial charge in [-0.25, -0.2) is 4.98 Å². The zero-order valence-corrected chi connectivity index (χ0v) is 11.2. The number of para-hydroxylation sites is 1. The Morgan fingerprint density at radius 1 is 1.18 bits per heavy atom. The lowest BCUT2D eigenvalue weighted by atomic mass is 9.84. The van der Waals surface area contributed by atoms with Crippen molar-refractivity contribution in [3.05, 3.63) is 35.5 Å². The number of hydrogen-bond acceptors (Lipinski definition) is 2. The van der Waals surface area contributed by atoms with Crippen molar-refractivity contribution < 1.29 is 4.74 Å². The first-order valence-corrected chi connectivity index (χ1v) is 5.88. The molecule has 0 aliphatic carbocycles. The molecule has 17 heavy (non-hydrogen) atoms. The number of pyridine rings is 1. The van der Waals surface area contributed by atoms with Crippen LogP contribution >= 0.6 is 0 Å². The lowest BCUT2D eigenvalue weighted by molar-refractivity contribution is 0.418. The first kappa shape index (κ1) is 11.9. The van der Waals surface area contributed by atoms with Crippen LogP contribution in [-0.4, -0.2) is 12.1 Å². The molecule has 2 heteroatoms. The second-order valence-electron chi connectivity index (χ2n) is 5.42. The molecule has 0 bridgehead atoms. The third-order valence-corrected chi connectivity index (χ3v) is 2.96. The van der Waals surface area contributed by atoms with Crippen molar-refractivity contribution >= 4 is 10.9 Å². The molecule has 0 spiro atoms. The van der Waals surface area contributed by atoms with E-state index in [9.17, 15) is 0 Å². The molecule has 0 aliphatic rings. The van der Waals surface area contributed by atoms with Crippen molar-refractivity contribution in [3.63, 3.8) is 0 Å². The van der Waals surface area contributed by atoms with Gasteiger partial charge in [0, 0.05) is 11.1 Å². The number of methoxy groups -OCH3 is 1. The molecule has 0 atom stereocenters. The topological polar surface area (TPSA) is 22.1 Å². The maximum atomic E-state index is 5.39. The summed E-state index contributed by atoms with van der Waals surface area (Å²) in [5.41, 5.74) is 3.42. The van der Waals surface area contributed by atoms with Gasteiger partial charge >= 0.3 is 0 Å². The number of benzene rings is 1. The second-order valence-corrected chi connectivity index (χ2v) is 5.42. The summed E-state index contributed by atoms with van der Waals surface area (Å²) in [6, 6.07) is 8.27. The van der Waals surface area contributed by atoms with Crippen molar-refractivity contribution in [2.45, 2.75) is 33.1 Å². The lowest BCUT2D eigenvalue weighted by Gasteiger charge is -2.22. The zero-order valence-electron chi connectivity index (χ0n) is 11.2. The summed E-state index contributed by atoms with van der Waals surface area (Å²) >= 11 is 0. The summed E-state index contributed by atoms with van der Waals surface area (Å²) in [4.78, 5) is 4.60. The van der Waals surface area contributed by atoms with E-state index in [2.05, 4.69) is 37.9 Å². The average Bonchev–Trinajstić information content (AvgIpc) is 2.26. The molecule has 1 aromatic heterocycles. The monoisotopic (exact) mass is 229 g/mol. The summed E-state index contributed by atoms with van der Waals surface area (Å²) in [5.74, 6) is 0.844. The van der Waals surface area contributed by atoms with E-state index in [1.807, 2.05) is 19.1 Å². The Labute approximate surface area is 103 Å². The van der Waals surface area contributed by atoms with Crippen molar-refractivity contribution in [1.82, 2.24) is 4.98 Å². The second kappa shape index (κ2) is 4.02. The fraction of sp³-hybridized carbons (Fsp3) is 0.400. The third-order valence-electron chi connectivity index (χ3n) is 2.96. The molecule has 0 fully saturated rings. The van der Waals surface area contributed by atoms with Crippen LogP contribution in [0, 0.1) is 6.92 Å². The van der Waals surface area contributed by atoms with Crippen molar-refractivity contribution in [2.24, 2.45) is 0 Å². The summed E-state index contributed by atoms with van der Waals surface area (Å²) in [5, 5.41) is 1.18. The minimum absolute atomic E-state index is 0.109. The highest BCUT2D eigenvalue weighted by Gasteiger charge is 2.19. The molecule has 0 N–H and O–H groups in total. The molecule has 0 aliphatic heterocycles. The fourth-order valence-corrected chi connectivity index (χ4v) is 2.14. The Kier molecular flexibility index (Phi) is 2.82. The van der Waals surface area contributed by atoms with Crippen LogP contribution in [0.5, 0.6) is 5.75 Å². The zero-order chi connectivity index (χ0) is 12.6. The summed E-state index contributed by atoms with van der Waals surface area (Å²) in [6.07, 6.45) is 0. The Bertz CT molecular complexity index is 553. The number of aromatic nitrogens is 1. The molecule has 1 aromatic carbocycles. The maximum Gasteiger partial charge on any atom is 0.145 e. The highest BCUT2D eigenvalue weighted by Crippen LogP contribution is 2.33. The van der Waals surface area contributed by atoms with Gasteiger partial charge < -0.3 is 4.74 Å². The third kappa shape index (κ3) is 2.12. The van der Waals surface area contributed by atoms with Gasteiger partial charge in [0.15, 0.2) is 0 Å². The molecule has 1 heterocycles. The van der Waals surface area contributed by atoms with Crippen molar-refractivity contribution in [1.29, 1.82) is 0 Å². The first-order valence-electron chi connectivity index (χ1n) is 5.88. The smallest absolute Gasteiger partial charge is 0.145 e. The van der Waals surface area contributed by atoms with Gasteiger partial charge in [-0.1, -0.05) is 32.9 Å². The quantitative estimate of drug-likeness (QED) is 0.741. The molecular formula is C15H19NO. The van der Waals surface area contributed by atoms with Crippen LogP contribution in [0.2, 0.25) is 0 Å². The molecule has 90 valence electrons. The van der Waals surface area contributed by atoms with Gasteiger partial charge in [-0.15, -0.1) is 0 Å². The standard InChI is InChI=1S/C15H19NO/c1-10-9-12(15(2,3)4)11-7-6-8-13(17-5)14(11)16-10/h6-9H,1-5H3. The van der Waals surface area contributed by atoms with Crippen LogP contribution in [0.4, 0.5) is 0 Å². The highest BCUT2D eigenvalue weighted by molar-refractivity contribution is 5.88. The van der Waals surface area contributed by atoms with Crippen LogP contribution in [-0.2, 0) is 5.41 Å². The molecule has 2 aromatic rings. The van der Waals surface area contributed by atoms with E-state index in [-0.39, 0.29) is 5.41 Å². The highest BCUT2D eigenvalue weighted by atomic mass is 16.5. The number of nitrogens with zero attached hydrogens (tertiary/aromatic N) is 1. The largest absolute Gasteiger partial charge is 0.494 e. The van der Waals surface area contributed by atoms with Crippen LogP contribution in [0.25, 0.3) is 10.9 Å². The minimum atomic E-state index is 0.109. The van der Waals surface area contributed by atoms with Crippen LogP contribution in [0.3, 0.4) is 0 Å². The van der Waals surface area contributed by atoms with E-state index >= 15 is 0 Å². The van der Waals surface area contributed by atoms with Gasteiger partial charge in [0.25, 0.3) is 0 Å². The van der Waals surface area contributed by atoms with Gasteiger partial charge in [0.1, 0.15) is 11.3 Å². The Hall–Kier alpha value is -1.57. The van der Waals surface area contributed by atoms with E-state index in [0.717, 1.165) is 17.0 Å². The molecular weight excluding hydrogens is 210 g/mol. The van der Waals surface area contributed by atoms with E-state index in [1.165, 1.54) is 10.9 Å². The van der Waals surface area contributed by atoms with Crippen LogP contribution < -0.4 is 4.74 Å². The van der Waals surface area contributed by atoms with Gasteiger partial charge in [-0.3, -0.25) is 0 Å². The maximum absolute atomic E-state index is 5.39.